The lowest BCUT2D eigenvalue weighted by atomic mass is 10.2. The van der Waals surface area contributed by atoms with Gasteiger partial charge in [-0.1, -0.05) is 0 Å². The van der Waals surface area contributed by atoms with Crippen molar-refractivity contribution in [2.24, 2.45) is 0 Å². The van der Waals surface area contributed by atoms with Crippen molar-refractivity contribution < 1.29 is 17.4 Å². The van der Waals surface area contributed by atoms with Gasteiger partial charge in [-0.15, -0.1) is 0 Å². The highest BCUT2D eigenvalue weighted by molar-refractivity contribution is 7.84. The predicted octanol–water partition coefficient (Wildman–Crippen LogP) is 2.08. The van der Waals surface area contributed by atoms with E-state index in [9.17, 15) is 17.4 Å². The Morgan fingerprint density at radius 1 is 1.40 bits per heavy atom. The first-order valence-corrected chi connectivity index (χ1v) is 6.64. The van der Waals surface area contributed by atoms with Gasteiger partial charge in [0.1, 0.15) is 0 Å². The fraction of sp³-hybridized carbons (Fsp3) is 1.00. The molecule has 15 heavy (non-hydrogen) atoms. The molecule has 2 unspecified atom stereocenters. The smallest absolute Gasteiger partial charge is 0.314 e. The molecule has 0 aliphatic carbocycles. The van der Waals surface area contributed by atoms with Gasteiger partial charge in [0, 0.05) is 35.3 Å². The van der Waals surface area contributed by atoms with Gasteiger partial charge in [-0.05, 0) is 26.3 Å². The summed E-state index contributed by atoms with van der Waals surface area (Å²) in [4.78, 5) is 0. The van der Waals surface area contributed by atoms with Crippen LogP contribution in [0, 0.1) is 0 Å². The molecule has 0 spiro atoms. The lowest BCUT2D eigenvalue weighted by Gasteiger charge is -2.13. The van der Waals surface area contributed by atoms with Crippen LogP contribution in [0.3, 0.4) is 0 Å². The third kappa shape index (κ3) is 11.8. The van der Waals surface area contributed by atoms with Crippen molar-refractivity contribution in [1.82, 2.24) is 5.32 Å². The molecule has 2 nitrogen and oxygen atoms in total. The lowest BCUT2D eigenvalue weighted by molar-refractivity contribution is -0.135. The first-order valence-electron chi connectivity index (χ1n) is 4.91. The van der Waals surface area contributed by atoms with Crippen molar-refractivity contribution in [3.63, 3.8) is 0 Å². The summed E-state index contributed by atoms with van der Waals surface area (Å²) in [5.41, 5.74) is 0. The maximum atomic E-state index is 11.8. The Morgan fingerprint density at radius 3 is 2.47 bits per heavy atom. The van der Waals surface area contributed by atoms with E-state index in [0.717, 1.165) is 6.42 Å². The zero-order valence-electron chi connectivity index (χ0n) is 9.06. The quantitative estimate of drug-likeness (QED) is 0.696. The number of alkyl halides is 3. The van der Waals surface area contributed by atoms with Gasteiger partial charge in [-0.2, -0.15) is 13.2 Å². The maximum absolute atomic E-state index is 11.8. The third-order valence-electron chi connectivity index (χ3n) is 1.97. The van der Waals surface area contributed by atoms with Gasteiger partial charge in [-0.3, -0.25) is 4.21 Å². The molecule has 0 radical (unpaired) electrons. The molecular formula is C9H18F3NOS. The fourth-order valence-corrected chi connectivity index (χ4v) is 1.77. The molecule has 6 heteroatoms. The maximum Gasteiger partial charge on any atom is 0.389 e. The second-order valence-corrected chi connectivity index (χ2v) is 5.19. The van der Waals surface area contributed by atoms with Crippen LogP contribution in [0.4, 0.5) is 13.2 Å². The number of hydrogen-bond donors (Lipinski definition) is 1. The Bertz CT molecular complexity index is 196. The highest BCUT2D eigenvalue weighted by Gasteiger charge is 2.25. The van der Waals surface area contributed by atoms with Gasteiger partial charge >= 0.3 is 6.18 Å². The molecule has 1 N–H and O–H groups in total. The summed E-state index contributed by atoms with van der Waals surface area (Å²) in [5, 5.41) is 2.98. The highest BCUT2D eigenvalue weighted by atomic mass is 32.2. The van der Waals surface area contributed by atoms with E-state index < -0.39 is 23.4 Å². The summed E-state index contributed by atoms with van der Waals surface area (Å²) < 4.78 is 46.0. The van der Waals surface area contributed by atoms with Crippen LogP contribution in [0.25, 0.3) is 0 Å². The average Bonchev–Trinajstić information content (AvgIpc) is 2.07. The zero-order chi connectivity index (χ0) is 11.9. The summed E-state index contributed by atoms with van der Waals surface area (Å²) in [6.07, 6.45) is -2.35. The van der Waals surface area contributed by atoms with Crippen LogP contribution in [0.1, 0.15) is 26.2 Å². The molecule has 2 atom stereocenters. The van der Waals surface area contributed by atoms with Crippen molar-refractivity contribution in [2.75, 3.05) is 18.6 Å². The van der Waals surface area contributed by atoms with Gasteiger partial charge in [0.15, 0.2) is 0 Å². The summed E-state index contributed by atoms with van der Waals surface area (Å²) in [6.45, 7) is 2.25. The monoisotopic (exact) mass is 245 g/mol. The van der Waals surface area contributed by atoms with Crippen molar-refractivity contribution in [3.8, 4) is 0 Å². The van der Waals surface area contributed by atoms with Crippen LogP contribution in [-0.4, -0.2) is 35.0 Å². The highest BCUT2D eigenvalue weighted by Crippen LogP contribution is 2.20. The summed E-state index contributed by atoms with van der Waals surface area (Å²) in [6, 6.07) is 0.127. The van der Waals surface area contributed by atoms with E-state index in [1.165, 1.54) is 0 Å². The Kier molecular flexibility index (Phi) is 7.17. The minimum atomic E-state index is -4.06. The molecule has 0 aromatic heterocycles. The second kappa shape index (κ2) is 7.22. The van der Waals surface area contributed by atoms with Gasteiger partial charge in [0.25, 0.3) is 0 Å². The largest absolute Gasteiger partial charge is 0.389 e. The molecule has 0 saturated carbocycles. The molecule has 0 bridgehead atoms. The first kappa shape index (κ1) is 14.9. The predicted molar refractivity (Wildman–Crippen MR) is 56.3 cm³/mol. The Morgan fingerprint density at radius 2 is 2.00 bits per heavy atom. The molecule has 0 aliphatic rings. The summed E-state index contributed by atoms with van der Waals surface area (Å²) >= 11 is 0. The third-order valence-corrected chi connectivity index (χ3v) is 2.78. The van der Waals surface area contributed by atoms with Crippen molar-refractivity contribution >= 4 is 10.8 Å². The van der Waals surface area contributed by atoms with Crippen LogP contribution in [0.2, 0.25) is 0 Å². The van der Waals surface area contributed by atoms with Crippen molar-refractivity contribution in [1.29, 1.82) is 0 Å². The Balaban J connectivity index is 3.39. The minimum absolute atomic E-state index is 0.100. The second-order valence-electron chi connectivity index (χ2n) is 3.64. The van der Waals surface area contributed by atoms with E-state index in [2.05, 4.69) is 5.32 Å². The molecule has 0 aliphatic heterocycles. The van der Waals surface area contributed by atoms with E-state index in [0.29, 0.717) is 12.3 Å². The molecule has 0 aromatic carbocycles. The lowest BCUT2D eigenvalue weighted by Crippen LogP contribution is -2.29. The summed E-state index contributed by atoms with van der Waals surface area (Å²) in [7, 11) is -0.828. The van der Waals surface area contributed by atoms with Gasteiger partial charge < -0.3 is 5.32 Å². The minimum Gasteiger partial charge on any atom is -0.314 e. The van der Waals surface area contributed by atoms with Crippen LogP contribution < -0.4 is 5.32 Å². The van der Waals surface area contributed by atoms with E-state index in [4.69, 9.17) is 0 Å². The summed E-state index contributed by atoms with van der Waals surface area (Å²) in [5.74, 6) is 0.591. The molecular weight excluding hydrogens is 227 g/mol. The van der Waals surface area contributed by atoms with Gasteiger partial charge in [-0.25, -0.2) is 0 Å². The van der Waals surface area contributed by atoms with E-state index in [1.54, 1.807) is 6.26 Å². The van der Waals surface area contributed by atoms with Crippen LogP contribution >= 0.6 is 0 Å². The molecule has 0 fully saturated rings. The molecule has 92 valence electrons. The Hall–Kier alpha value is -0.100. The number of halogens is 3. The zero-order valence-corrected chi connectivity index (χ0v) is 9.88. The fourth-order valence-electron chi connectivity index (χ4n) is 1.08. The topological polar surface area (TPSA) is 29.1 Å². The van der Waals surface area contributed by atoms with Crippen molar-refractivity contribution in [3.05, 3.63) is 0 Å². The molecule has 0 saturated heterocycles. The molecule has 0 rings (SSSR count). The van der Waals surface area contributed by atoms with Gasteiger partial charge in [0.2, 0.25) is 0 Å². The van der Waals surface area contributed by atoms with Crippen LogP contribution in [0.5, 0.6) is 0 Å². The van der Waals surface area contributed by atoms with Gasteiger partial charge in [0.05, 0.1) is 0 Å². The molecule has 0 heterocycles. The first-order chi connectivity index (χ1) is 6.81. The molecule has 0 amide bonds. The van der Waals surface area contributed by atoms with E-state index in [1.807, 2.05) is 6.92 Å². The average molecular weight is 245 g/mol. The molecule has 0 aromatic rings. The van der Waals surface area contributed by atoms with Crippen LogP contribution in [0.15, 0.2) is 0 Å². The number of nitrogens with one attached hydrogen (secondary N) is 1. The van der Waals surface area contributed by atoms with Crippen LogP contribution in [-0.2, 0) is 10.8 Å². The number of rotatable bonds is 7. The van der Waals surface area contributed by atoms with E-state index in [-0.39, 0.29) is 12.5 Å². The Labute approximate surface area is 91.1 Å². The normalized spacial score (nSPS) is 16.3. The number of hydrogen-bond acceptors (Lipinski definition) is 2. The van der Waals surface area contributed by atoms with E-state index >= 15 is 0 Å². The standard InChI is InChI=1S/C9H18F3NOS/c1-8(4-7-15(2)14)13-6-3-5-9(10,11)12/h8,13H,3-7H2,1-2H3. The van der Waals surface area contributed by atoms with Crippen molar-refractivity contribution in [2.45, 2.75) is 38.4 Å². The SMILES string of the molecule is CC(CCS(C)=O)NCCCC(F)(F)F.